The topological polar surface area (TPSA) is 67.2 Å². The molecule has 6 nitrogen and oxygen atoms in total. The SMILES string of the molecule is Cc1c(CCC(=O)N[C@H]2CCN(Cc3ccccc3)C2=O)cnn1C. The van der Waals surface area contributed by atoms with E-state index in [1.54, 1.807) is 10.9 Å². The molecular weight excluding hydrogens is 316 g/mol. The Hall–Kier alpha value is -2.63. The van der Waals surface area contributed by atoms with Crippen molar-refractivity contribution in [3.63, 3.8) is 0 Å². The molecule has 0 bridgehead atoms. The van der Waals surface area contributed by atoms with Gasteiger partial charge in [0.15, 0.2) is 0 Å². The van der Waals surface area contributed by atoms with Crippen molar-refractivity contribution in [2.24, 2.45) is 7.05 Å². The Morgan fingerprint density at radius 3 is 2.76 bits per heavy atom. The summed E-state index contributed by atoms with van der Waals surface area (Å²) >= 11 is 0. The van der Waals surface area contributed by atoms with E-state index >= 15 is 0 Å². The first-order chi connectivity index (χ1) is 12.0. The van der Waals surface area contributed by atoms with Crippen molar-refractivity contribution in [3.05, 3.63) is 53.3 Å². The third-order valence-corrected chi connectivity index (χ3v) is 4.81. The molecule has 2 amide bonds. The molecule has 2 heterocycles. The highest BCUT2D eigenvalue weighted by Crippen LogP contribution is 2.15. The van der Waals surface area contributed by atoms with Crippen LogP contribution in [-0.4, -0.2) is 39.1 Å². The molecule has 1 N–H and O–H groups in total. The fraction of sp³-hybridized carbons (Fsp3) is 0.421. The zero-order valence-corrected chi connectivity index (χ0v) is 14.7. The Bertz CT molecular complexity index is 754. The zero-order chi connectivity index (χ0) is 17.8. The van der Waals surface area contributed by atoms with Crippen molar-refractivity contribution in [2.45, 2.75) is 38.8 Å². The van der Waals surface area contributed by atoms with Gasteiger partial charge in [0.25, 0.3) is 0 Å². The van der Waals surface area contributed by atoms with E-state index in [1.807, 2.05) is 49.2 Å². The number of aryl methyl sites for hydroxylation is 2. The summed E-state index contributed by atoms with van der Waals surface area (Å²) in [5, 5.41) is 7.07. The van der Waals surface area contributed by atoms with Gasteiger partial charge in [-0.1, -0.05) is 30.3 Å². The van der Waals surface area contributed by atoms with Gasteiger partial charge in [0.2, 0.25) is 11.8 Å². The molecule has 0 radical (unpaired) electrons. The number of carbonyl (C=O) groups is 2. The van der Waals surface area contributed by atoms with Gasteiger partial charge in [-0.15, -0.1) is 0 Å². The summed E-state index contributed by atoms with van der Waals surface area (Å²) in [5.41, 5.74) is 3.25. The van der Waals surface area contributed by atoms with Crippen molar-refractivity contribution in [2.75, 3.05) is 6.54 Å². The van der Waals surface area contributed by atoms with E-state index in [1.165, 1.54) is 0 Å². The molecular formula is C19H24N4O2. The van der Waals surface area contributed by atoms with Crippen LogP contribution in [0.3, 0.4) is 0 Å². The van der Waals surface area contributed by atoms with E-state index in [0.717, 1.165) is 16.8 Å². The smallest absolute Gasteiger partial charge is 0.245 e. The predicted molar refractivity (Wildman–Crippen MR) is 94.7 cm³/mol. The van der Waals surface area contributed by atoms with Crippen molar-refractivity contribution in [1.82, 2.24) is 20.0 Å². The molecule has 1 aliphatic heterocycles. The highest BCUT2D eigenvalue weighted by atomic mass is 16.2. The quantitative estimate of drug-likeness (QED) is 0.868. The number of hydrogen-bond donors (Lipinski definition) is 1. The summed E-state index contributed by atoms with van der Waals surface area (Å²) in [5.74, 6) is -0.0714. The summed E-state index contributed by atoms with van der Waals surface area (Å²) in [7, 11) is 1.89. The minimum atomic E-state index is -0.397. The highest BCUT2D eigenvalue weighted by molar-refractivity contribution is 5.89. The predicted octanol–water partition coefficient (Wildman–Crippen LogP) is 1.58. The number of likely N-dealkylation sites (tertiary alicyclic amines) is 1. The maximum absolute atomic E-state index is 12.5. The summed E-state index contributed by atoms with van der Waals surface area (Å²) in [4.78, 5) is 26.5. The van der Waals surface area contributed by atoms with Crippen molar-refractivity contribution in [1.29, 1.82) is 0 Å². The number of benzene rings is 1. The molecule has 25 heavy (non-hydrogen) atoms. The van der Waals surface area contributed by atoms with Gasteiger partial charge in [-0.05, 0) is 30.9 Å². The molecule has 0 unspecified atom stereocenters. The Morgan fingerprint density at radius 2 is 2.08 bits per heavy atom. The van der Waals surface area contributed by atoms with Gasteiger partial charge in [-0.25, -0.2) is 0 Å². The second kappa shape index (κ2) is 7.51. The fourth-order valence-corrected chi connectivity index (χ4v) is 3.14. The summed E-state index contributed by atoms with van der Waals surface area (Å²) in [6, 6.07) is 9.52. The van der Waals surface area contributed by atoms with E-state index in [9.17, 15) is 9.59 Å². The molecule has 0 spiro atoms. The molecule has 0 saturated carbocycles. The lowest BCUT2D eigenvalue weighted by Crippen LogP contribution is -2.41. The summed E-state index contributed by atoms with van der Waals surface area (Å²) in [6.45, 7) is 3.27. The van der Waals surface area contributed by atoms with Gasteiger partial charge < -0.3 is 10.2 Å². The monoisotopic (exact) mass is 340 g/mol. The van der Waals surface area contributed by atoms with E-state index in [4.69, 9.17) is 0 Å². The van der Waals surface area contributed by atoms with Crippen LogP contribution in [0.15, 0.2) is 36.5 Å². The Kier molecular flexibility index (Phi) is 5.16. The number of aromatic nitrogens is 2. The molecule has 132 valence electrons. The first-order valence-corrected chi connectivity index (χ1v) is 8.64. The van der Waals surface area contributed by atoms with Gasteiger partial charge in [-0.2, -0.15) is 5.10 Å². The maximum Gasteiger partial charge on any atom is 0.245 e. The first kappa shape index (κ1) is 17.2. The number of carbonyl (C=O) groups excluding carboxylic acids is 2. The molecule has 1 aromatic heterocycles. The van der Waals surface area contributed by atoms with Gasteiger partial charge in [-0.3, -0.25) is 14.3 Å². The molecule has 1 fully saturated rings. The number of hydrogen-bond acceptors (Lipinski definition) is 3. The molecule has 1 aliphatic rings. The number of rotatable bonds is 6. The first-order valence-electron chi connectivity index (χ1n) is 8.64. The largest absolute Gasteiger partial charge is 0.344 e. The van der Waals surface area contributed by atoms with E-state index in [2.05, 4.69) is 10.4 Å². The number of nitrogens with one attached hydrogen (secondary N) is 1. The van der Waals surface area contributed by atoms with Crippen LogP contribution < -0.4 is 5.32 Å². The molecule has 2 aromatic rings. The standard InChI is InChI=1S/C19H24N4O2/c1-14-16(12-20-22(14)2)8-9-18(24)21-17-10-11-23(19(17)25)13-15-6-4-3-5-7-15/h3-7,12,17H,8-11,13H2,1-2H3,(H,21,24)/t17-/m0/s1. The Morgan fingerprint density at radius 1 is 1.32 bits per heavy atom. The lowest BCUT2D eigenvalue weighted by molar-refractivity contribution is -0.133. The molecule has 1 saturated heterocycles. The lowest BCUT2D eigenvalue weighted by Gasteiger charge is -2.17. The van der Waals surface area contributed by atoms with Gasteiger partial charge in [0, 0.05) is 32.3 Å². The van der Waals surface area contributed by atoms with Crippen molar-refractivity contribution < 1.29 is 9.59 Å². The molecule has 0 aliphatic carbocycles. The number of nitrogens with zero attached hydrogens (tertiary/aromatic N) is 3. The third kappa shape index (κ3) is 4.07. The van der Waals surface area contributed by atoms with Gasteiger partial charge in [0.05, 0.1) is 6.20 Å². The van der Waals surface area contributed by atoms with Gasteiger partial charge >= 0.3 is 0 Å². The van der Waals surface area contributed by atoms with Crippen molar-refractivity contribution >= 4 is 11.8 Å². The Balaban J connectivity index is 1.49. The third-order valence-electron chi connectivity index (χ3n) is 4.81. The molecule has 3 rings (SSSR count). The minimum absolute atomic E-state index is 0.00904. The fourth-order valence-electron chi connectivity index (χ4n) is 3.14. The average molecular weight is 340 g/mol. The minimum Gasteiger partial charge on any atom is -0.344 e. The van der Waals surface area contributed by atoms with Crippen LogP contribution in [-0.2, 0) is 29.6 Å². The Labute approximate surface area is 147 Å². The second-order valence-corrected chi connectivity index (χ2v) is 6.53. The highest BCUT2D eigenvalue weighted by Gasteiger charge is 2.32. The number of amides is 2. The van der Waals surface area contributed by atoms with Crippen LogP contribution in [0.1, 0.15) is 29.7 Å². The van der Waals surface area contributed by atoms with Crippen LogP contribution in [0, 0.1) is 6.92 Å². The zero-order valence-electron chi connectivity index (χ0n) is 14.7. The normalized spacial score (nSPS) is 17.1. The van der Waals surface area contributed by atoms with Gasteiger partial charge in [0.1, 0.15) is 6.04 Å². The van der Waals surface area contributed by atoms with Crippen LogP contribution in [0.25, 0.3) is 0 Å². The molecule has 1 atom stereocenters. The average Bonchev–Trinajstić information content (AvgIpc) is 3.11. The summed E-state index contributed by atoms with van der Waals surface area (Å²) in [6.07, 6.45) is 3.48. The van der Waals surface area contributed by atoms with Crippen LogP contribution in [0.5, 0.6) is 0 Å². The molecule has 6 heteroatoms. The maximum atomic E-state index is 12.5. The van der Waals surface area contributed by atoms with Crippen LogP contribution in [0.2, 0.25) is 0 Å². The second-order valence-electron chi connectivity index (χ2n) is 6.53. The van der Waals surface area contributed by atoms with E-state index < -0.39 is 6.04 Å². The van der Waals surface area contributed by atoms with Crippen LogP contribution >= 0.6 is 0 Å². The summed E-state index contributed by atoms with van der Waals surface area (Å²) < 4.78 is 1.80. The molecule has 1 aromatic carbocycles. The van der Waals surface area contributed by atoms with E-state index in [0.29, 0.717) is 32.4 Å². The van der Waals surface area contributed by atoms with Crippen LogP contribution in [0.4, 0.5) is 0 Å². The van der Waals surface area contributed by atoms with E-state index in [-0.39, 0.29) is 11.8 Å². The van der Waals surface area contributed by atoms with Crippen molar-refractivity contribution in [3.8, 4) is 0 Å². The lowest BCUT2D eigenvalue weighted by atomic mass is 10.1.